The van der Waals surface area contributed by atoms with Crippen molar-refractivity contribution in [2.45, 2.75) is 26.3 Å². The van der Waals surface area contributed by atoms with E-state index in [4.69, 9.17) is 15.2 Å². The molecule has 0 aliphatic carbocycles. The predicted molar refractivity (Wildman–Crippen MR) is 125 cm³/mol. The molecule has 3 amide bonds. The van der Waals surface area contributed by atoms with Crippen LogP contribution >= 0.6 is 11.3 Å². The summed E-state index contributed by atoms with van der Waals surface area (Å²) in [6.07, 6.45) is 1.33. The minimum absolute atomic E-state index is 0.166. The molecule has 0 radical (unpaired) electrons. The zero-order valence-corrected chi connectivity index (χ0v) is 19.0. The number of hydrogen-bond acceptors (Lipinski definition) is 6. The molecule has 0 unspecified atom stereocenters. The van der Waals surface area contributed by atoms with Crippen LogP contribution in [0.15, 0.2) is 42.5 Å². The number of para-hydroxylation sites is 1. The lowest BCUT2D eigenvalue weighted by atomic mass is 10.1. The fraction of sp³-hybridized carbons (Fsp3) is 0.261. The lowest BCUT2D eigenvalue weighted by molar-refractivity contribution is 0.0995. The molecule has 0 saturated carbocycles. The number of urea groups is 1. The third-order valence-corrected chi connectivity index (χ3v) is 5.89. The molecule has 0 aliphatic rings. The first-order valence-corrected chi connectivity index (χ1v) is 10.9. The van der Waals surface area contributed by atoms with Crippen LogP contribution in [0.2, 0.25) is 0 Å². The third kappa shape index (κ3) is 5.55. The Morgan fingerprint density at radius 3 is 2.47 bits per heavy atom. The van der Waals surface area contributed by atoms with E-state index in [1.807, 2.05) is 36.4 Å². The molecule has 3 rings (SSSR count). The van der Waals surface area contributed by atoms with Crippen molar-refractivity contribution in [3.63, 3.8) is 0 Å². The molecule has 0 aliphatic heterocycles. The van der Waals surface area contributed by atoms with E-state index in [1.54, 1.807) is 20.3 Å². The van der Waals surface area contributed by atoms with Gasteiger partial charge in [0.2, 0.25) is 0 Å². The zero-order valence-electron chi connectivity index (χ0n) is 18.2. The van der Waals surface area contributed by atoms with Crippen LogP contribution in [0.25, 0.3) is 0 Å². The SMILES string of the molecule is CCc1ccc(NC(=O)NCc2nc(C(N)=O)c(Cc3cccc(OC)c3OC)s2)cc1. The Kier molecular flexibility index (Phi) is 7.67. The van der Waals surface area contributed by atoms with Crippen LogP contribution in [-0.4, -0.2) is 31.1 Å². The van der Waals surface area contributed by atoms with Crippen molar-refractivity contribution in [1.29, 1.82) is 0 Å². The summed E-state index contributed by atoms with van der Waals surface area (Å²) in [5, 5.41) is 6.12. The summed E-state index contributed by atoms with van der Waals surface area (Å²) in [6, 6.07) is 12.8. The van der Waals surface area contributed by atoms with Gasteiger partial charge in [-0.25, -0.2) is 9.78 Å². The van der Waals surface area contributed by atoms with Crippen molar-refractivity contribution >= 4 is 29.0 Å². The normalized spacial score (nSPS) is 10.5. The summed E-state index contributed by atoms with van der Waals surface area (Å²) in [4.78, 5) is 29.2. The number of amides is 3. The van der Waals surface area contributed by atoms with Gasteiger partial charge in [0, 0.05) is 22.5 Å². The number of methoxy groups -OCH3 is 2. The van der Waals surface area contributed by atoms with Gasteiger partial charge in [-0.15, -0.1) is 11.3 Å². The number of hydrogen-bond donors (Lipinski definition) is 3. The highest BCUT2D eigenvalue weighted by Gasteiger charge is 2.19. The van der Waals surface area contributed by atoms with Crippen molar-refractivity contribution in [3.8, 4) is 11.5 Å². The van der Waals surface area contributed by atoms with Gasteiger partial charge in [0.15, 0.2) is 11.5 Å². The second-order valence-corrected chi connectivity index (χ2v) is 8.10. The van der Waals surface area contributed by atoms with Crippen LogP contribution < -0.4 is 25.8 Å². The topological polar surface area (TPSA) is 116 Å². The molecule has 1 heterocycles. The highest BCUT2D eigenvalue weighted by atomic mass is 32.1. The van der Waals surface area contributed by atoms with Gasteiger partial charge in [0.05, 0.1) is 20.8 Å². The molecule has 0 saturated heterocycles. The van der Waals surface area contributed by atoms with Gasteiger partial charge in [0.1, 0.15) is 10.7 Å². The van der Waals surface area contributed by atoms with E-state index in [9.17, 15) is 9.59 Å². The number of thiazole rings is 1. The molecular formula is C23H26N4O4S. The maximum absolute atomic E-state index is 12.2. The molecule has 4 N–H and O–H groups in total. The maximum Gasteiger partial charge on any atom is 0.319 e. The lowest BCUT2D eigenvalue weighted by Crippen LogP contribution is -2.28. The van der Waals surface area contributed by atoms with E-state index in [0.29, 0.717) is 33.5 Å². The van der Waals surface area contributed by atoms with E-state index < -0.39 is 5.91 Å². The molecule has 0 atom stereocenters. The Balaban J connectivity index is 1.70. The number of nitrogens with one attached hydrogen (secondary N) is 2. The number of benzene rings is 2. The fourth-order valence-electron chi connectivity index (χ4n) is 3.21. The quantitative estimate of drug-likeness (QED) is 0.456. The van der Waals surface area contributed by atoms with E-state index in [0.717, 1.165) is 12.0 Å². The minimum Gasteiger partial charge on any atom is -0.493 e. The summed E-state index contributed by atoms with van der Waals surface area (Å²) >= 11 is 1.32. The lowest BCUT2D eigenvalue weighted by Gasteiger charge is -2.12. The number of carbonyl (C=O) groups is 2. The molecule has 3 aromatic rings. The van der Waals surface area contributed by atoms with E-state index in [1.165, 1.54) is 16.9 Å². The summed E-state index contributed by atoms with van der Waals surface area (Å²) in [5.74, 6) is 0.567. The van der Waals surface area contributed by atoms with Gasteiger partial charge in [-0.05, 0) is 30.2 Å². The van der Waals surface area contributed by atoms with Gasteiger partial charge < -0.3 is 25.8 Å². The summed E-state index contributed by atoms with van der Waals surface area (Å²) in [7, 11) is 3.13. The Hall–Kier alpha value is -3.59. The molecule has 8 nitrogen and oxygen atoms in total. The number of aryl methyl sites for hydroxylation is 1. The average molecular weight is 455 g/mol. The molecule has 0 fully saturated rings. The Morgan fingerprint density at radius 2 is 1.84 bits per heavy atom. The Bertz CT molecular complexity index is 1100. The highest BCUT2D eigenvalue weighted by molar-refractivity contribution is 7.12. The maximum atomic E-state index is 12.2. The van der Waals surface area contributed by atoms with Crippen LogP contribution in [0, 0.1) is 0 Å². The number of primary amides is 1. The molecule has 0 bridgehead atoms. The first-order valence-electron chi connectivity index (χ1n) is 10.1. The Morgan fingerprint density at radius 1 is 1.09 bits per heavy atom. The molecule has 168 valence electrons. The first kappa shape index (κ1) is 23.1. The average Bonchev–Trinajstić information content (AvgIpc) is 3.21. The fourth-order valence-corrected chi connectivity index (χ4v) is 4.25. The third-order valence-electron chi connectivity index (χ3n) is 4.83. The van der Waals surface area contributed by atoms with Crippen LogP contribution in [0.5, 0.6) is 11.5 Å². The molecule has 1 aromatic heterocycles. The van der Waals surface area contributed by atoms with Gasteiger partial charge in [-0.2, -0.15) is 0 Å². The van der Waals surface area contributed by atoms with Crippen molar-refractivity contribution in [3.05, 3.63) is 69.2 Å². The zero-order chi connectivity index (χ0) is 23.1. The molecular weight excluding hydrogens is 428 g/mol. The van der Waals surface area contributed by atoms with E-state index >= 15 is 0 Å². The molecule has 2 aromatic carbocycles. The smallest absolute Gasteiger partial charge is 0.319 e. The van der Waals surface area contributed by atoms with Crippen LogP contribution in [0.1, 0.15) is 38.4 Å². The first-order chi connectivity index (χ1) is 15.4. The number of carbonyl (C=O) groups excluding carboxylic acids is 2. The molecule has 0 spiro atoms. The van der Waals surface area contributed by atoms with Gasteiger partial charge >= 0.3 is 6.03 Å². The Labute approximate surface area is 190 Å². The van der Waals surface area contributed by atoms with Crippen molar-refractivity contribution in [2.75, 3.05) is 19.5 Å². The van der Waals surface area contributed by atoms with Crippen molar-refractivity contribution in [2.24, 2.45) is 5.73 Å². The predicted octanol–water partition coefficient (Wildman–Crippen LogP) is 3.73. The van der Waals surface area contributed by atoms with E-state index in [2.05, 4.69) is 22.5 Å². The number of anilines is 1. The van der Waals surface area contributed by atoms with Gasteiger partial charge in [-0.3, -0.25) is 4.79 Å². The van der Waals surface area contributed by atoms with Crippen LogP contribution in [-0.2, 0) is 19.4 Å². The van der Waals surface area contributed by atoms with E-state index in [-0.39, 0.29) is 18.3 Å². The summed E-state index contributed by atoms with van der Waals surface area (Å²) in [5.41, 5.74) is 8.45. The van der Waals surface area contributed by atoms with Crippen LogP contribution in [0.4, 0.5) is 10.5 Å². The number of ether oxygens (including phenoxy) is 2. The second-order valence-electron chi connectivity index (χ2n) is 6.93. The number of rotatable bonds is 9. The standard InChI is InChI=1S/C23H26N4O4S/c1-4-14-8-10-16(11-9-14)26-23(29)25-13-19-27-20(22(24)28)18(32-19)12-15-6-5-7-17(30-2)21(15)31-3/h5-11H,4,12-13H2,1-3H3,(H2,24,28)(H2,25,26,29). The minimum atomic E-state index is -0.621. The van der Waals surface area contributed by atoms with Gasteiger partial charge in [-0.1, -0.05) is 31.2 Å². The second kappa shape index (κ2) is 10.6. The highest BCUT2D eigenvalue weighted by Crippen LogP contribution is 2.34. The number of aromatic nitrogens is 1. The van der Waals surface area contributed by atoms with Crippen molar-refractivity contribution < 1.29 is 19.1 Å². The molecule has 32 heavy (non-hydrogen) atoms. The largest absolute Gasteiger partial charge is 0.493 e. The van der Waals surface area contributed by atoms with Crippen LogP contribution in [0.3, 0.4) is 0 Å². The van der Waals surface area contributed by atoms with Gasteiger partial charge in [0.25, 0.3) is 5.91 Å². The number of nitrogens with two attached hydrogens (primary N) is 1. The monoisotopic (exact) mass is 454 g/mol. The summed E-state index contributed by atoms with van der Waals surface area (Å²) < 4.78 is 10.8. The van der Waals surface area contributed by atoms with Crippen molar-refractivity contribution in [1.82, 2.24) is 10.3 Å². The summed E-state index contributed by atoms with van der Waals surface area (Å²) in [6.45, 7) is 2.24. The molecule has 9 heteroatoms. The number of nitrogens with zero attached hydrogens (tertiary/aromatic N) is 1.